The number of hydrogen-bond donors (Lipinski definition) is 1. The van der Waals surface area contributed by atoms with Gasteiger partial charge in [0.05, 0.1) is 5.57 Å². The number of amides is 1. The Morgan fingerprint density at radius 1 is 1.32 bits per heavy atom. The molecule has 1 aromatic rings. The van der Waals surface area contributed by atoms with E-state index in [9.17, 15) is 9.59 Å². The summed E-state index contributed by atoms with van der Waals surface area (Å²) >= 11 is 5.98. The van der Waals surface area contributed by atoms with E-state index in [4.69, 9.17) is 16.3 Å². The van der Waals surface area contributed by atoms with Crippen molar-refractivity contribution in [3.8, 4) is 0 Å². The highest BCUT2D eigenvalue weighted by Crippen LogP contribution is 2.41. The zero-order chi connectivity index (χ0) is 18.2. The summed E-state index contributed by atoms with van der Waals surface area (Å²) in [6, 6.07) is 7.40. The fraction of sp³-hybridized carbons (Fsp3) is 0.474. The van der Waals surface area contributed by atoms with Crippen molar-refractivity contribution in [2.75, 3.05) is 18.4 Å². The van der Waals surface area contributed by atoms with Crippen LogP contribution in [0.1, 0.15) is 33.6 Å². The van der Waals surface area contributed by atoms with Gasteiger partial charge in [-0.3, -0.25) is 4.79 Å². The Hall–Kier alpha value is -1.85. The van der Waals surface area contributed by atoms with Crippen molar-refractivity contribution in [3.63, 3.8) is 0 Å². The van der Waals surface area contributed by atoms with E-state index in [1.54, 1.807) is 31.2 Å². The number of nitrogens with zero attached hydrogens (tertiary/aromatic N) is 1. The highest BCUT2D eigenvalue weighted by atomic mass is 35.5. The largest absolute Gasteiger partial charge is 0.450 e. The van der Waals surface area contributed by atoms with Gasteiger partial charge in [0.15, 0.2) is 0 Å². The molecule has 6 heteroatoms. The van der Waals surface area contributed by atoms with Gasteiger partial charge in [-0.05, 0) is 39.0 Å². The molecular formula is C19H23ClN2O3. The van der Waals surface area contributed by atoms with Crippen LogP contribution in [0.4, 0.5) is 5.69 Å². The molecule has 1 N–H and O–H groups in total. The lowest BCUT2D eigenvalue weighted by atomic mass is 9.82. The average Bonchev–Trinajstić information content (AvgIpc) is 2.78. The normalized spacial score (nSPS) is 20.3. The molecule has 0 aromatic heterocycles. The molecule has 1 spiro atoms. The SMILES string of the molecule is CC1=C(C(=O)Nc2cccc(Cl)c2)C2(CCN(C(C)C)CC2)OC1=O. The maximum absolute atomic E-state index is 12.9. The summed E-state index contributed by atoms with van der Waals surface area (Å²) in [5.41, 5.74) is 0.653. The second-order valence-corrected chi connectivity index (χ2v) is 7.41. The molecule has 0 atom stereocenters. The first-order valence-electron chi connectivity index (χ1n) is 8.58. The molecule has 0 aliphatic carbocycles. The molecule has 1 saturated heterocycles. The van der Waals surface area contributed by atoms with Crippen molar-refractivity contribution in [1.29, 1.82) is 0 Å². The van der Waals surface area contributed by atoms with Crippen molar-refractivity contribution < 1.29 is 14.3 Å². The molecule has 1 aromatic carbocycles. The van der Waals surface area contributed by atoms with Crippen molar-refractivity contribution in [2.24, 2.45) is 0 Å². The predicted octanol–water partition coefficient (Wildman–Crippen LogP) is 3.39. The Morgan fingerprint density at radius 3 is 2.60 bits per heavy atom. The third-order valence-corrected chi connectivity index (χ3v) is 5.31. The molecule has 2 heterocycles. The summed E-state index contributed by atoms with van der Waals surface area (Å²) in [5.74, 6) is -0.683. The van der Waals surface area contributed by atoms with Crippen LogP contribution in [-0.2, 0) is 14.3 Å². The molecular weight excluding hydrogens is 340 g/mol. The van der Waals surface area contributed by atoms with Gasteiger partial charge in [-0.2, -0.15) is 0 Å². The second kappa shape index (κ2) is 6.81. The Kier molecular flexibility index (Phi) is 4.89. The van der Waals surface area contributed by atoms with Gasteiger partial charge >= 0.3 is 5.97 Å². The molecule has 0 unspecified atom stereocenters. The number of piperidine rings is 1. The van der Waals surface area contributed by atoms with Crippen LogP contribution in [0, 0.1) is 0 Å². The quantitative estimate of drug-likeness (QED) is 0.837. The fourth-order valence-electron chi connectivity index (χ4n) is 3.64. The summed E-state index contributed by atoms with van der Waals surface area (Å²) < 4.78 is 5.70. The molecule has 0 bridgehead atoms. The fourth-order valence-corrected chi connectivity index (χ4v) is 3.83. The number of esters is 1. The minimum Gasteiger partial charge on any atom is -0.450 e. The minimum absolute atomic E-state index is 0.288. The summed E-state index contributed by atoms with van der Waals surface area (Å²) in [4.78, 5) is 27.4. The zero-order valence-electron chi connectivity index (χ0n) is 14.8. The van der Waals surface area contributed by atoms with Crippen LogP contribution in [0.5, 0.6) is 0 Å². The van der Waals surface area contributed by atoms with E-state index in [0.717, 1.165) is 13.1 Å². The van der Waals surface area contributed by atoms with Crippen LogP contribution in [-0.4, -0.2) is 41.5 Å². The molecule has 0 saturated carbocycles. The van der Waals surface area contributed by atoms with Gasteiger partial charge < -0.3 is 15.0 Å². The molecule has 1 amide bonds. The number of halogens is 1. The number of carbonyl (C=O) groups excluding carboxylic acids is 2. The molecule has 5 nitrogen and oxygen atoms in total. The summed E-state index contributed by atoms with van der Waals surface area (Å²) in [7, 11) is 0. The van der Waals surface area contributed by atoms with E-state index in [1.807, 2.05) is 0 Å². The maximum atomic E-state index is 12.9. The number of nitrogens with one attached hydrogen (secondary N) is 1. The standard InChI is InChI=1S/C19H23ClN2O3/c1-12(2)22-9-7-19(8-10-22)16(13(3)18(24)25-19)17(23)21-15-6-4-5-14(20)11-15/h4-6,11-12H,7-10H2,1-3H3,(H,21,23). The third-order valence-electron chi connectivity index (χ3n) is 5.07. The van der Waals surface area contributed by atoms with Crippen molar-refractivity contribution in [3.05, 3.63) is 40.4 Å². The van der Waals surface area contributed by atoms with Gasteiger partial charge in [0.25, 0.3) is 5.91 Å². The first kappa shape index (κ1) is 18.0. The van der Waals surface area contributed by atoms with E-state index in [2.05, 4.69) is 24.1 Å². The van der Waals surface area contributed by atoms with Gasteiger partial charge in [-0.1, -0.05) is 17.7 Å². The number of anilines is 1. The van der Waals surface area contributed by atoms with E-state index >= 15 is 0 Å². The lowest BCUT2D eigenvalue weighted by Gasteiger charge is -2.40. The van der Waals surface area contributed by atoms with Gasteiger partial charge in [-0.15, -0.1) is 0 Å². The molecule has 0 radical (unpaired) electrons. The average molecular weight is 363 g/mol. The molecule has 1 fully saturated rings. The monoisotopic (exact) mass is 362 g/mol. The number of carbonyl (C=O) groups is 2. The van der Waals surface area contributed by atoms with E-state index in [0.29, 0.717) is 40.7 Å². The van der Waals surface area contributed by atoms with Crippen LogP contribution in [0.25, 0.3) is 0 Å². The number of hydrogen-bond acceptors (Lipinski definition) is 4. The smallest absolute Gasteiger partial charge is 0.335 e. The minimum atomic E-state index is -0.810. The van der Waals surface area contributed by atoms with Crippen LogP contribution < -0.4 is 5.32 Å². The van der Waals surface area contributed by atoms with Crippen molar-refractivity contribution in [2.45, 2.75) is 45.3 Å². The Morgan fingerprint density at radius 2 is 2.00 bits per heavy atom. The topological polar surface area (TPSA) is 58.6 Å². The molecule has 2 aliphatic heterocycles. The van der Waals surface area contributed by atoms with E-state index in [1.165, 1.54) is 0 Å². The van der Waals surface area contributed by atoms with E-state index < -0.39 is 11.6 Å². The second-order valence-electron chi connectivity index (χ2n) is 6.98. The van der Waals surface area contributed by atoms with Gasteiger partial charge in [0, 0.05) is 48.3 Å². The highest BCUT2D eigenvalue weighted by molar-refractivity contribution is 6.31. The lowest BCUT2D eigenvalue weighted by Crippen LogP contribution is -2.49. The first-order chi connectivity index (χ1) is 11.8. The molecule has 25 heavy (non-hydrogen) atoms. The Bertz CT molecular complexity index is 734. The molecule has 134 valence electrons. The number of rotatable bonds is 3. The van der Waals surface area contributed by atoms with Gasteiger partial charge in [0.1, 0.15) is 5.60 Å². The van der Waals surface area contributed by atoms with Gasteiger partial charge in [-0.25, -0.2) is 4.79 Å². The van der Waals surface area contributed by atoms with Crippen molar-refractivity contribution >= 4 is 29.2 Å². The van der Waals surface area contributed by atoms with Crippen molar-refractivity contribution in [1.82, 2.24) is 4.90 Å². The molecule has 2 aliphatic rings. The van der Waals surface area contributed by atoms with Crippen LogP contribution in [0.3, 0.4) is 0 Å². The summed E-state index contributed by atoms with van der Waals surface area (Å²) in [5, 5.41) is 3.40. The van der Waals surface area contributed by atoms with Crippen LogP contribution in [0.15, 0.2) is 35.4 Å². The summed E-state index contributed by atoms with van der Waals surface area (Å²) in [6.45, 7) is 7.55. The summed E-state index contributed by atoms with van der Waals surface area (Å²) in [6.07, 6.45) is 1.26. The third kappa shape index (κ3) is 3.44. The first-order valence-corrected chi connectivity index (χ1v) is 8.96. The number of likely N-dealkylation sites (tertiary alicyclic amines) is 1. The zero-order valence-corrected chi connectivity index (χ0v) is 15.5. The Labute approximate surface area is 153 Å². The van der Waals surface area contributed by atoms with Gasteiger partial charge in [0.2, 0.25) is 0 Å². The van der Waals surface area contributed by atoms with E-state index in [-0.39, 0.29) is 5.91 Å². The predicted molar refractivity (Wildman–Crippen MR) is 97.5 cm³/mol. The number of ether oxygens (including phenoxy) is 1. The lowest BCUT2D eigenvalue weighted by molar-refractivity contribution is -0.151. The highest BCUT2D eigenvalue weighted by Gasteiger charge is 2.50. The molecule has 3 rings (SSSR count). The van der Waals surface area contributed by atoms with Crippen LogP contribution in [0.2, 0.25) is 5.02 Å². The van der Waals surface area contributed by atoms with Crippen LogP contribution >= 0.6 is 11.6 Å². The number of benzene rings is 1. The Balaban J connectivity index is 1.84. The maximum Gasteiger partial charge on any atom is 0.335 e.